The Labute approximate surface area is 265 Å². The summed E-state index contributed by atoms with van der Waals surface area (Å²) in [5, 5.41) is 9.16. The van der Waals surface area contributed by atoms with Crippen molar-refractivity contribution in [2.45, 2.75) is 0 Å². The molecule has 6 aromatic heterocycles. The van der Waals surface area contributed by atoms with E-state index in [0.717, 1.165) is 71.6 Å². The molecule has 0 aliphatic carbocycles. The van der Waals surface area contributed by atoms with Crippen molar-refractivity contribution in [1.29, 1.82) is 0 Å². The maximum Gasteiger partial charge on any atom is 0.235 e. The number of furan rings is 1. The highest BCUT2D eigenvalue weighted by Crippen LogP contribution is 2.48. The molecule has 0 amide bonds. The van der Waals surface area contributed by atoms with E-state index in [-0.39, 0.29) is 0 Å². The summed E-state index contributed by atoms with van der Waals surface area (Å²) in [6, 6.07) is 42.5. The minimum Gasteiger partial charge on any atom is -0.456 e. The third-order valence-corrected chi connectivity index (χ3v) is 10.1. The van der Waals surface area contributed by atoms with Gasteiger partial charge >= 0.3 is 0 Å². The van der Waals surface area contributed by atoms with Gasteiger partial charge in [0.25, 0.3) is 0 Å². The number of para-hydroxylation sites is 3. The van der Waals surface area contributed by atoms with Crippen molar-refractivity contribution in [1.82, 2.24) is 23.9 Å². The fourth-order valence-corrected chi connectivity index (χ4v) is 8.25. The monoisotopic (exact) mass is 599 g/mol. The highest BCUT2D eigenvalue weighted by Gasteiger charge is 2.27. The number of aromatic nitrogens is 5. The van der Waals surface area contributed by atoms with Crippen LogP contribution in [-0.2, 0) is 0 Å². The molecule has 6 nitrogen and oxygen atoms in total. The van der Waals surface area contributed by atoms with Gasteiger partial charge in [-0.2, -0.15) is 0 Å². The summed E-state index contributed by atoms with van der Waals surface area (Å²) < 4.78 is 11.2. The van der Waals surface area contributed by atoms with Crippen LogP contribution in [0.2, 0.25) is 0 Å². The maximum absolute atomic E-state index is 6.57. The van der Waals surface area contributed by atoms with Crippen molar-refractivity contribution in [3.05, 3.63) is 128 Å². The van der Waals surface area contributed by atoms with Gasteiger partial charge in [0.15, 0.2) is 0 Å². The summed E-state index contributed by atoms with van der Waals surface area (Å²) in [5.41, 5.74) is 11.2. The molecule has 0 saturated carbocycles. The van der Waals surface area contributed by atoms with Gasteiger partial charge in [-0.15, -0.1) is 0 Å². The first-order valence-corrected chi connectivity index (χ1v) is 15.8. The summed E-state index contributed by atoms with van der Waals surface area (Å²) in [7, 11) is 0. The lowest BCUT2D eigenvalue weighted by Gasteiger charge is -2.13. The highest BCUT2D eigenvalue weighted by molar-refractivity contribution is 6.37. The van der Waals surface area contributed by atoms with E-state index < -0.39 is 0 Å². The summed E-state index contributed by atoms with van der Waals surface area (Å²) in [6.45, 7) is 0. The largest absolute Gasteiger partial charge is 0.456 e. The van der Waals surface area contributed by atoms with E-state index >= 15 is 0 Å². The van der Waals surface area contributed by atoms with Crippen molar-refractivity contribution in [2.75, 3.05) is 0 Å². The molecule has 216 valence electrons. The quantitative estimate of drug-likeness (QED) is 0.198. The van der Waals surface area contributed by atoms with Crippen LogP contribution in [-0.4, -0.2) is 23.9 Å². The second-order valence-electron chi connectivity index (χ2n) is 12.4. The number of pyridine rings is 1. The second-order valence-corrected chi connectivity index (χ2v) is 12.4. The average molecular weight is 600 g/mol. The van der Waals surface area contributed by atoms with Crippen molar-refractivity contribution in [3.8, 4) is 17.2 Å². The molecule has 12 aromatic rings. The Morgan fingerprint density at radius 3 is 2.13 bits per heavy atom. The third kappa shape index (κ3) is 2.81. The van der Waals surface area contributed by atoms with Crippen LogP contribution in [0.15, 0.2) is 132 Å². The Balaban J connectivity index is 1.31. The lowest BCUT2D eigenvalue weighted by atomic mass is 10.0. The van der Waals surface area contributed by atoms with Gasteiger partial charge in [0.05, 0.1) is 49.7 Å². The number of fused-ring (bicyclic) bond motifs is 6. The van der Waals surface area contributed by atoms with Crippen molar-refractivity contribution in [2.24, 2.45) is 0 Å². The molecule has 0 fully saturated rings. The van der Waals surface area contributed by atoms with Crippen LogP contribution >= 0.6 is 0 Å². The molecule has 6 aromatic carbocycles. The van der Waals surface area contributed by atoms with E-state index in [1.54, 1.807) is 0 Å². The molecule has 12 rings (SSSR count). The minimum absolute atomic E-state index is 0.632. The van der Waals surface area contributed by atoms with Crippen molar-refractivity contribution in [3.63, 3.8) is 0 Å². The molecule has 6 heteroatoms. The lowest BCUT2D eigenvalue weighted by molar-refractivity contribution is 0.669. The zero-order chi connectivity index (χ0) is 30.4. The Bertz CT molecular complexity index is 3250. The number of nitrogens with zero attached hydrogens (tertiary/aromatic N) is 5. The SMILES string of the molecule is c1ccc2c(-c3nc(-n4c5ccc6oc7ccc8c9ccccc9n9c%10cccc4c%10c5c6c7c89)nc4ccccc34)ccnc2c1. The summed E-state index contributed by atoms with van der Waals surface area (Å²) in [5.74, 6) is 0.632. The van der Waals surface area contributed by atoms with Gasteiger partial charge in [0.2, 0.25) is 5.95 Å². The van der Waals surface area contributed by atoms with Crippen LogP contribution in [0.3, 0.4) is 0 Å². The third-order valence-electron chi connectivity index (χ3n) is 10.1. The second kappa shape index (κ2) is 8.19. The van der Waals surface area contributed by atoms with Gasteiger partial charge in [-0.05, 0) is 60.7 Å². The van der Waals surface area contributed by atoms with Gasteiger partial charge in [-0.1, -0.05) is 60.7 Å². The molecule has 0 saturated heterocycles. The van der Waals surface area contributed by atoms with E-state index in [4.69, 9.17) is 14.4 Å². The predicted octanol–water partition coefficient (Wildman–Crippen LogP) is 10.3. The van der Waals surface area contributed by atoms with Crippen molar-refractivity contribution < 1.29 is 4.42 Å². The van der Waals surface area contributed by atoms with Crippen LogP contribution in [0.1, 0.15) is 0 Å². The number of benzene rings is 6. The predicted molar refractivity (Wildman–Crippen MR) is 190 cm³/mol. The van der Waals surface area contributed by atoms with E-state index in [1.807, 2.05) is 24.4 Å². The molecule has 0 unspecified atom stereocenters. The standard InChI is InChI=1S/C41H21N5O/c1-4-11-27-22(8-1)24(20-21-42-27)39-26-10-2-5-12-28(26)43-41(44-39)46-31-15-7-14-30-35(31)36-32(46)17-19-33-37(36)38-34(47-33)18-16-25-23-9-3-6-13-29(23)45(30)40(25)38/h1-21H. The first-order chi connectivity index (χ1) is 23.3. The van der Waals surface area contributed by atoms with Gasteiger partial charge in [0, 0.05) is 49.5 Å². The summed E-state index contributed by atoms with van der Waals surface area (Å²) in [4.78, 5) is 15.3. The zero-order valence-corrected chi connectivity index (χ0v) is 24.8. The molecular formula is C41H21N5O. The highest BCUT2D eigenvalue weighted by atomic mass is 16.3. The number of rotatable bonds is 2. The Morgan fingerprint density at radius 2 is 1.19 bits per heavy atom. The molecular weight excluding hydrogens is 578 g/mol. The molecule has 47 heavy (non-hydrogen) atoms. The number of hydrogen-bond donors (Lipinski definition) is 0. The lowest BCUT2D eigenvalue weighted by Crippen LogP contribution is -2.03. The molecule has 0 radical (unpaired) electrons. The Morgan fingerprint density at radius 1 is 0.468 bits per heavy atom. The van der Waals surface area contributed by atoms with Crippen molar-refractivity contribution >= 4 is 92.9 Å². The molecule has 0 aliphatic heterocycles. The fraction of sp³-hybridized carbons (Fsp3) is 0. The molecule has 6 heterocycles. The summed E-state index contributed by atoms with van der Waals surface area (Å²) >= 11 is 0. The summed E-state index contributed by atoms with van der Waals surface area (Å²) in [6.07, 6.45) is 1.87. The van der Waals surface area contributed by atoms with Gasteiger partial charge in [-0.3, -0.25) is 9.55 Å². The van der Waals surface area contributed by atoms with Crippen LogP contribution in [0.25, 0.3) is 110 Å². The first-order valence-electron chi connectivity index (χ1n) is 15.8. The van der Waals surface area contributed by atoms with Gasteiger partial charge in [0.1, 0.15) is 11.2 Å². The molecule has 0 spiro atoms. The Hall–Kier alpha value is -6.53. The van der Waals surface area contributed by atoms with Crippen LogP contribution in [0.4, 0.5) is 0 Å². The molecule has 0 N–H and O–H groups in total. The zero-order valence-electron chi connectivity index (χ0n) is 24.8. The smallest absolute Gasteiger partial charge is 0.235 e. The van der Waals surface area contributed by atoms with E-state index in [2.05, 4.69) is 117 Å². The topological polar surface area (TPSA) is 61.2 Å². The van der Waals surface area contributed by atoms with E-state index in [9.17, 15) is 0 Å². The number of hydrogen-bond acceptors (Lipinski definition) is 4. The van der Waals surface area contributed by atoms with Gasteiger partial charge < -0.3 is 8.82 Å². The molecule has 0 aliphatic rings. The molecule has 0 bridgehead atoms. The van der Waals surface area contributed by atoms with E-state index in [1.165, 1.54) is 32.6 Å². The Kier molecular flexibility index (Phi) is 4.15. The first kappa shape index (κ1) is 23.8. The van der Waals surface area contributed by atoms with Crippen LogP contribution < -0.4 is 0 Å². The normalized spacial score (nSPS) is 12.7. The fourth-order valence-electron chi connectivity index (χ4n) is 8.25. The molecule has 0 atom stereocenters. The minimum atomic E-state index is 0.632. The maximum atomic E-state index is 6.57. The van der Waals surface area contributed by atoms with E-state index in [0.29, 0.717) is 5.95 Å². The average Bonchev–Trinajstić information content (AvgIpc) is 3.75. The van der Waals surface area contributed by atoms with Crippen LogP contribution in [0.5, 0.6) is 0 Å². The van der Waals surface area contributed by atoms with Crippen LogP contribution in [0, 0.1) is 0 Å². The van der Waals surface area contributed by atoms with Gasteiger partial charge in [-0.25, -0.2) is 9.97 Å².